The molecule has 0 unspecified atom stereocenters. The van der Waals surface area contributed by atoms with Crippen LogP contribution < -0.4 is 5.32 Å². The molecule has 0 aromatic rings. The molecule has 0 aromatic carbocycles. The summed E-state index contributed by atoms with van der Waals surface area (Å²) in [4.78, 5) is 6.64. The average Bonchev–Trinajstić information content (AvgIpc) is 2.36. The summed E-state index contributed by atoms with van der Waals surface area (Å²) in [6, 6.07) is 0. The number of guanidine groups is 1. The van der Waals surface area contributed by atoms with Gasteiger partial charge >= 0.3 is 0 Å². The Balaban J connectivity index is 2.46. The molecule has 0 atom stereocenters. The molecule has 0 spiro atoms. The summed E-state index contributed by atoms with van der Waals surface area (Å²) in [7, 11) is 0. The number of piperidine rings is 1. The Morgan fingerprint density at radius 1 is 1.47 bits per heavy atom. The number of ether oxygens (including phenoxy) is 1. The zero-order valence-corrected chi connectivity index (χ0v) is 10.9. The van der Waals surface area contributed by atoms with Gasteiger partial charge < -0.3 is 15.0 Å². The van der Waals surface area contributed by atoms with E-state index in [2.05, 4.69) is 28.1 Å². The minimum Gasteiger partial charge on any atom is -0.378 e. The fourth-order valence-corrected chi connectivity index (χ4v) is 2.02. The number of hydrogen-bond donors (Lipinski definition) is 1. The molecule has 1 aliphatic rings. The third kappa shape index (κ3) is 4.66. The van der Waals surface area contributed by atoms with Gasteiger partial charge in [0.1, 0.15) is 6.54 Å². The van der Waals surface area contributed by atoms with Gasteiger partial charge in [-0.15, -0.1) is 6.42 Å². The SMILES string of the molecule is C#CCN=C(NCC)N1CCC(OCC)CC1. The zero-order valence-electron chi connectivity index (χ0n) is 10.9. The number of aliphatic imine (C=N–C) groups is 1. The summed E-state index contributed by atoms with van der Waals surface area (Å²) in [6.07, 6.45) is 7.78. The maximum atomic E-state index is 5.63. The van der Waals surface area contributed by atoms with Gasteiger partial charge in [0, 0.05) is 26.2 Å². The molecule has 0 amide bonds. The van der Waals surface area contributed by atoms with Crippen molar-refractivity contribution in [1.29, 1.82) is 0 Å². The van der Waals surface area contributed by atoms with E-state index in [0.717, 1.165) is 45.0 Å². The van der Waals surface area contributed by atoms with Crippen molar-refractivity contribution in [1.82, 2.24) is 10.2 Å². The first-order valence-corrected chi connectivity index (χ1v) is 6.40. The van der Waals surface area contributed by atoms with E-state index >= 15 is 0 Å². The molecule has 0 saturated carbocycles. The van der Waals surface area contributed by atoms with Crippen molar-refractivity contribution in [2.75, 3.05) is 32.8 Å². The fraction of sp³-hybridized carbons (Fsp3) is 0.769. The van der Waals surface area contributed by atoms with Gasteiger partial charge in [0.15, 0.2) is 5.96 Å². The maximum absolute atomic E-state index is 5.63. The van der Waals surface area contributed by atoms with Gasteiger partial charge in [-0.2, -0.15) is 0 Å². The smallest absolute Gasteiger partial charge is 0.194 e. The topological polar surface area (TPSA) is 36.9 Å². The van der Waals surface area contributed by atoms with Gasteiger partial charge in [-0.05, 0) is 26.7 Å². The lowest BCUT2D eigenvalue weighted by molar-refractivity contribution is 0.0264. The van der Waals surface area contributed by atoms with E-state index in [0.29, 0.717) is 12.6 Å². The molecule has 1 heterocycles. The Labute approximate surface area is 104 Å². The Morgan fingerprint density at radius 2 is 2.18 bits per heavy atom. The molecule has 0 bridgehead atoms. The highest BCUT2D eigenvalue weighted by Crippen LogP contribution is 2.13. The van der Waals surface area contributed by atoms with E-state index < -0.39 is 0 Å². The molecule has 17 heavy (non-hydrogen) atoms. The van der Waals surface area contributed by atoms with E-state index in [9.17, 15) is 0 Å². The second-order valence-electron chi connectivity index (χ2n) is 4.02. The molecular weight excluding hydrogens is 214 g/mol. The summed E-state index contributed by atoms with van der Waals surface area (Å²) in [5.41, 5.74) is 0. The number of terminal acetylenes is 1. The average molecular weight is 237 g/mol. The molecule has 0 aliphatic carbocycles. The van der Waals surface area contributed by atoms with Crippen LogP contribution in [-0.2, 0) is 4.74 Å². The first-order chi connectivity index (χ1) is 8.31. The first kappa shape index (κ1) is 13.9. The summed E-state index contributed by atoms with van der Waals surface area (Å²) in [5.74, 6) is 3.48. The van der Waals surface area contributed by atoms with E-state index in [1.165, 1.54) is 0 Å². The van der Waals surface area contributed by atoms with Crippen LogP contribution in [0.4, 0.5) is 0 Å². The highest BCUT2D eigenvalue weighted by Gasteiger charge is 2.21. The van der Waals surface area contributed by atoms with E-state index in [-0.39, 0.29) is 0 Å². The second kappa shape index (κ2) is 7.97. The van der Waals surface area contributed by atoms with Gasteiger partial charge in [-0.1, -0.05) is 5.92 Å². The van der Waals surface area contributed by atoms with Crippen molar-refractivity contribution >= 4 is 5.96 Å². The fourth-order valence-electron chi connectivity index (χ4n) is 2.02. The second-order valence-corrected chi connectivity index (χ2v) is 4.02. The summed E-state index contributed by atoms with van der Waals surface area (Å²) in [5, 5.41) is 3.27. The van der Waals surface area contributed by atoms with Crippen molar-refractivity contribution in [3.05, 3.63) is 0 Å². The number of nitrogens with zero attached hydrogens (tertiary/aromatic N) is 2. The van der Waals surface area contributed by atoms with Crippen LogP contribution >= 0.6 is 0 Å². The quantitative estimate of drug-likeness (QED) is 0.452. The normalized spacial score (nSPS) is 17.9. The van der Waals surface area contributed by atoms with Crippen LogP contribution in [-0.4, -0.2) is 49.7 Å². The lowest BCUT2D eigenvalue weighted by Crippen LogP contribution is -2.47. The molecule has 1 N–H and O–H groups in total. The van der Waals surface area contributed by atoms with E-state index in [1.807, 2.05) is 6.92 Å². The van der Waals surface area contributed by atoms with E-state index in [4.69, 9.17) is 11.2 Å². The lowest BCUT2D eigenvalue weighted by atomic mass is 10.1. The standard InChI is InChI=1S/C13H23N3O/c1-4-9-15-13(14-5-2)16-10-7-12(8-11-16)17-6-3/h1,12H,5-11H2,2-3H3,(H,14,15). The van der Waals surface area contributed by atoms with Gasteiger partial charge in [0.2, 0.25) is 0 Å². The van der Waals surface area contributed by atoms with Gasteiger partial charge in [-0.25, -0.2) is 4.99 Å². The van der Waals surface area contributed by atoms with Crippen LogP contribution in [0.3, 0.4) is 0 Å². The van der Waals surface area contributed by atoms with Gasteiger partial charge in [-0.3, -0.25) is 0 Å². The van der Waals surface area contributed by atoms with Crippen molar-refractivity contribution < 1.29 is 4.74 Å². The lowest BCUT2D eigenvalue weighted by Gasteiger charge is -2.34. The minimum atomic E-state index is 0.409. The van der Waals surface area contributed by atoms with Gasteiger partial charge in [0.05, 0.1) is 6.10 Å². The minimum absolute atomic E-state index is 0.409. The number of hydrogen-bond acceptors (Lipinski definition) is 2. The van der Waals surface area contributed by atoms with Gasteiger partial charge in [0.25, 0.3) is 0 Å². The molecule has 0 aromatic heterocycles. The summed E-state index contributed by atoms with van der Waals surface area (Å²) >= 11 is 0. The Kier molecular flexibility index (Phi) is 6.49. The van der Waals surface area contributed by atoms with Crippen molar-refractivity contribution in [3.63, 3.8) is 0 Å². The third-order valence-electron chi connectivity index (χ3n) is 2.80. The van der Waals surface area contributed by atoms with Crippen molar-refractivity contribution in [2.24, 2.45) is 4.99 Å². The van der Waals surface area contributed by atoms with Crippen LogP contribution in [0, 0.1) is 12.3 Å². The highest BCUT2D eigenvalue weighted by molar-refractivity contribution is 5.80. The molecule has 1 saturated heterocycles. The van der Waals surface area contributed by atoms with Crippen LogP contribution in [0.1, 0.15) is 26.7 Å². The summed E-state index contributed by atoms with van der Waals surface area (Å²) < 4.78 is 5.63. The Bertz CT molecular complexity index is 275. The van der Waals surface area contributed by atoms with Crippen LogP contribution in [0.25, 0.3) is 0 Å². The molecule has 4 heteroatoms. The number of nitrogens with one attached hydrogen (secondary N) is 1. The Morgan fingerprint density at radius 3 is 2.71 bits per heavy atom. The molecular formula is C13H23N3O. The predicted octanol–water partition coefficient (Wildman–Crippen LogP) is 1.09. The van der Waals surface area contributed by atoms with Crippen LogP contribution in [0.2, 0.25) is 0 Å². The van der Waals surface area contributed by atoms with Crippen molar-refractivity contribution in [2.45, 2.75) is 32.8 Å². The molecule has 1 aliphatic heterocycles. The van der Waals surface area contributed by atoms with E-state index in [1.54, 1.807) is 0 Å². The molecule has 1 fully saturated rings. The Hall–Kier alpha value is -1.21. The number of rotatable bonds is 4. The monoisotopic (exact) mass is 237 g/mol. The number of likely N-dealkylation sites (tertiary alicyclic amines) is 1. The molecule has 1 rings (SSSR count). The predicted molar refractivity (Wildman–Crippen MR) is 71.0 cm³/mol. The zero-order chi connectivity index (χ0) is 12.5. The highest BCUT2D eigenvalue weighted by atomic mass is 16.5. The molecule has 96 valence electrons. The maximum Gasteiger partial charge on any atom is 0.194 e. The van der Waals surface area contributed by atoms with Crippen LogP contribution in [0.5, 0.6) is 0 Å². The molecule has 0 radical (unpaired) electrons. The summed E-state index contributed by atoms with van der Waals surface area (Å²) in [6.45, 7) is 8.20. The van der Waals surface area contributed by atoms with Crippen molar-refractivity contribution in [3.8, 4) is 12.3 Å². The van der Waals surface area contributed by atoms with Crippen LogP contribution in [0.15, 0.2) is 4.99 Å². The largest absolute Gasteiger partial charge is 0.378 e. The molecule has 4 nitrogen and oxygen atoms in total. The first-order valence-electron chi connectivity index (χ1n) is 6.40. The third-order valence-corrected chi connectivity index (χ3v) is 2.80.